The van der Waals surface area contributed by atoms with Crippen molar-refractivity contribution in [3.8, 4) is 23.0 Å². The summed E-state index contributed by atoms with van der Waals surface area (Å²) in [6.07, 6.45) is 1.74. The number of ether oxygens (including phenoxy) is 5. The summed E-state index contributed by atoms with van der Waals surface area (Å²) >= 11 is 0. The van der Waals surface area contributed by atoms with Gasteiger partial charge in [0.2, 0.25) is 0 Å². The summed E-state index contributed by atoms with van der Waals surface area (Å²) in [6.45, 7) is 29.3. The highest BCUT2D eigenvalue weighted by Gasteiger charge is 2.28. The summed E-state index contributed by atoms with van der Waals surface area (Å²) in [5, 5.41) is 12.0. The molecule has 302 valence electrons. The van der Waals surface area contributed by atoms with Gasteiger partial charge in [-0.15, -0.1) is 0 Å². The number of hydrogen-bond donors (Lipinski definition) is 1. The first-order valence-corrected chi connectivity index (χ1v) is 20.4. The van der Waals surface area contributed by atoms with Crippen molar-refractivity contribution in [1.29, 1.82) is 0 Å². The van der Waals surface area contributed by atoms with Gasteiger partial charge in [-0.3, -0.25) is 0 Å². The number of aromatic hydroxyl groups is 1. The summed E-state index contributed by atoms with van der Waals surface area (Å²) in [5.41, 5.74) is 12.4. The Balaban J connectivity index is 1.71. The molecule has 2 aliphatic rings. The van der Waals surface area contributed by atoms with Gasteiger partial charge in [-0.1, -0.05) is 119 Å². The fraction of sp³-hybridized carbons (Fsp3) is 0.520. The van der Waals surface area contributed by atoms with E-state index in [9.17, 15) is 5.11 Å². The van der Waals surface area contributed by atoms with Crippen molar-refractivity contribution in [1.82, 2.24) is 0 Å². The van der Waals surface area contributed by atoms with Crippen LogP contribution in [-0.4, -0.2) is 38.6 Å². The second kappa shape index (κ2) is 15.7. The molecule has 0 saturated carbocycles. The van der Waals surface area contributed by atoms with Crippen LogP contribution in [0.4, 0.5) is 0 Å². The van der Waals surface area contributed by atoms with Crippen molar-refractivity contribution in [3.05, 3.63) is 115 Å². The Bertz CT molecular complexity index is 2060. The third-order valence-electron chi connectivity index (χ3n) is 11.3. The highest BCUT2D eigenvalue weighted by atomic mass is 16.5. The summed E-state index contributed by atoms with van der Waals surface area (Å²) in [7, 11) is 1.77. The molecule has 0 fully saturated rings. The van der Waals surface area contributed by atoms with Crippen molar-refractivity contribution in [2.45, 2.75) is 137 Å². The van der Waals surface area contributed by atoms with Gasteiger partial charge in [0.25, 0.3) is 0 Å². The molecule has 10 bridgehead atoms. The molecule has 56 heavy (non-hydrogen) atoms. The van der Waals surface area contributed by atoms with Crippen molar-refractivity contribution in [3.63, 3.8) is 0 Å². The lowest BCUT2D eigenvalue weighted by atomic mass is 9.80. The molecular formula is C50H66O6. The Morgan fingerprint density at radius 1 is 0.429 bits per heavy atom. The molecule has 4 aromatic carbocycles. The maximum atomic E-state index is 12.0. The van der Waals surface area contributed by atoms with E-state index in [1.807, 2.05) is 0 Å². The Morgan fingerprint density at radius 3 is 1.21 bits per heavy atom. The predicted molar refractivity (Wildman–Crippen MR) is 228 cm³/mol. The summed E-state index contributed by atoms with van der Waals surface area (Å²) in [5.74, 6) is 2.82. The van der Waals surface area contributed by atoms with E-state index in [-0.39, 0.29) is 34.0 Å². The average molecular weight is 763 g/mol. The van der Waals surface area contributed by atoms with Gasteiger partial charge in [0.05, 0.1) is 33.5 Å². The van der Waals surface area contributed by atoms with Gasteiger partial charge in [0.15, 0.2) is 0 Å². The summed E-state index contributed by atoms with van der Waals surface area (Å²) in [6, 6.07) is 18.1. The number of fused-ring (bicyclic) bond motifs is 4. The quantitative estimate of drug-likeness (QED) is 0.208. The minimum Gasteiger partial charge on any atom is -0.507 e. The van der Waals surface area contributed by atoms with Gasteiger partial charge in [0.1, 0.15) is 36.2 Å². The molecule has 0 unspecified atom stereocenters. The Morgan fingerprint density at radius 2 is 0.768 bits per heavy atom. The molecule has 0 radical (unpaired) electrons. The highest BCUT2D eigenvalue weighted by molar-refractivity contribution is 5.58. The van der Waals surface area contributed by atoms with Gasteiger partial charge in [-0.25, -0.2) is 0 Å². The van der Waals surface area contributed by atoms with Crippen LogP contribution in [0.1, 0.15) is 150 Å². The van der Waals surface area contributed by atoms with Crippen molar-refractivity contribution >= 4 is 0 Å². The first-order valence-electron chi connectivity index (χ1n) is 20.4. The zero-order valence-electron chi connectivity index (χ0n) is 36.5. The lowest BCUT2D eigenvalue weighted by Gasteiger charge is -2.28. The molecule has 0 atom stereocenters. The highest BCUT2D eigenvalue weighted by Crippen LogP contribution is 2.43. The molecule has 0 saturated heterocycles. The SMILES string of the molecule is COc1c2cc(C(C)(C)C)cc1Cc1cc(C(C)(C)C)cc3c1OCCOCCOc1c(cc(C(C)(C)C)cc1C3)COCc1cc(C(C)(C)C)cc(c1O)C2. The van der Waals surface area contributed by atoms with Gasteiger partial charge >= 0.3 is 0 Å². The maximum absolute atomic E-state index is 12.0. The number of phenols is 1. The lowest BCUT2D eigenvalue weighted by molar-refractivity contribution is 0.0725. The van der Waals surface area contributed by atoms with Gasteiger partial charge in [-0.2, -0.15) is 0 Å². The zero-order chi connectivity index (χ0) is 40.8. The molecule has 1 N–H and O–H groups in total. The molecule has 0 aliphatic carbocycles. The Hall–Kier alpha value is -4.00. The van der Waals surface area contributed by atoms with E-state index >= 15 is 0 Å². The van der Waals surface area contributed by atoms with Crippen molar-refractivity contribution in [2.75, 3.05) is 33.5 Å². The third kappa shape index (κ3) is 9.24. The van der Waals surface area contributed by atoms with Crippen LogP contribution in [0, 0.1) is 0 Å². The topological polar surface area (TPSA) is 66.4 Å². The molecule has 6 heteroatoms. The lowest BCUT2D eigenvalue weighted by Crippen LogP contribution is -2.19. The molecule has 0 amide bonds. The second-order valence-electron chi connectivity index (χ2n) is 20.1. The third-order valence-corrected chi connectivity index (χ3v) is 11.3. The van der Waals surface area contributed by atoms with E-state index in [1.165, 1.54) is 16.7 Å². The van der Waals surface area contributed by atoms with E-state index in [1.54, 1.807) is 7.11 Å². The zero-order valence-corrected chi connectivity index (χ0v) is 36.5. The van der Waals surface area contributed by atoms with E-state index in [4.69, 9.17) is 23.7 Å². The standard InChI is InChI=1S/C50H66O6/c1-47(2,3)39-21-31-18-32-22-40(48(4,5)6)23-33(44(32)52-13)19-34-24-41(49(7,8)9)25-35-20-36-26-42(50(10,11)12)28-38(30-54-29-37(27-39)43(31)51)46(36)56-17-15-53-14-16-55-45(34)35/h21-28,51H,14-20,29-30H2,1-13H3. The maximum Gasteiger partial charge on any atom is 0.128 e. The van der Waals surface area contributed by atoms with Crippen LogP contribution in [0.25, 0.3) is 0 Å². The number of benzene rings is 4. The van der Waals surface area contributed by atoms with Crippen molar-refractivity contribution in [2.24, 2.45) is 0 Å². The number of methoxy groups -OCH3 is 1. The van der Waals surface area contributed by atoms with Crippen LogP contribution in [0.3, 0.4) is 0 Å². The smallest absolute Gasteiger partial charge is 0.128 e. The summed E-state index contributed by atoms with van der Waals surface area (Å²) < 4.78 is 32.6. The predicted octanol–water partition coefficient (Wildman–Crippen LogP) is 11.2. The minimum absolute atomic E-state index is 0.116. The van der Waals surface area contributed by atoms with Crippen LogP contribution < -0.4 is 14.2 Å². The molecule has 6 rings (SSSR count). The number of rotatable bonds is 1. The van der Waals surface area contributed by atoms with Gasteiger partial charge < -0.3 is 28.8 Å². The van der Waals surface area contributed by atoms with Crippen LogP contribution in [0.5, 0.6) is 23.0 Å². The molecule has 4 aromatic rings. The Kier molecular flexibility index (Phi) is 11.7. The number of phenolic OH excluding ortho intramolecular Hbond substituents is 1. The normalized spacial score (nSPS) is 15.9. The van der Waals surface area contributed by atoms with Crippen LogP contribution in [0.2, 0.25) is 0 Å². The first-order chi connectivity index (χ1) is 26.1. The second-order valence-corrected chi connectivity index (χ2v) is 20.1. The number of hydrogen-bond acceptors (Lipinski definition) is 6. The minimum atomic E-state index is -0.146. The van der Waals surface area contributed by atoms with E-state index in [0.29, 0.717) is 52.3 Å². The largest absolute Gasteiger partial charge is 0.507 e. The van der Waals surface area contributed by atoms with E-state index < -0.39 is 0 Å². The summed E-state index contributed by atoms with van der Waals surface area (Å²) in [4.78, 5) is 0. The first kappa shape index (κ1) is 41.6. The molecular weight excluding hydrogens is 697 g/mol. The molecule has 2 heterocycles. The molecule has 0 aromatic heterocycles. The fourth-order valence-corrected chi connectivity index (χ4v) is 7.79. The van der Waals surface area contributed by atoms with Crippen molar-refractivity contribution < 1.29 is 28.8 Å². The van der Waals surface area contributed by atoms with E-state index in [2.05, 4.69) is 132 Å². The molecule has 2 aliphatic heterocycles. The van der Waals surface area contributed by atoms with Crippen LogP contribution in [0.15, 0.2) is 48.5 Å². The molecule has 0 spiro atoms. The van der Waals surface area contributed by atoms with Gasteiger partial charge in [0, 0.05) is 30.4 Å². The van der Waals surface area contributed by atoms with Crippen LogP contribution >= 0.6 is 0 Å². The van der Waals surface area contributed by atoms with E-state index in [0.717, 1.165) is 67.3 Å². The molecule has 6 nitrogen and oxygen atoms in total. The average Bonchev–Trinajstić information content (AvgIpc) is 3.07. The Labute approximate surface area is 336 Å². The fourth-order valence-electron chi connectivity index (χ4n) is 7.79. The van der Waals surface area contributed by atoms with Gasteiger partial charge in [-0.05, 0) is 89.4 Å². The van der Waals surface area contributed by atoms with Crippen LogP contribution in [-0.2, 0) is 63.6 Å². The monoisotopic (exact) mass is 762 g/mol.